The summed E-state index contributed by atoms with van der Waals surface area (Å²) in [6.07, 6.45) is -1.51. The molecule has 0 aliphatic carbocycles. The summed E-state index contributed by atoms with van der Waals surface area (Å²) in [5.74, 6) is -2.38. The van der Waals surface area contributed by atoms with E-state index in [4.69, 9.17) is 0 Å². The van der Waals surface area contributed by atoms with E-state index in [2.05, 4.69) is 5.10 Å². The number of hydrogen-bond donors (Lipinski definition) is 1. The molecule has 2 rings (SSSR count). The minimum Gasteiger partial charge on any atom is -0.344 e. The minimum absolute atomic E-state index is 0.0963. The molecule has 0 saturated carbocycles. The first-order valence-electron chi connectivity index (χ1n) is 6.88. The van der Waals surface area contributed by atoms with Crippen LogP contribution < -0.4 is 5.32 Å². The molecule has 1 aliphatic rings. The molecule has 2 atom stereocenters. The highest BCUT2D eigenvalue weighted by atomic mass is 19.4. The Morgan fingerprint density at radius 2 is 2.23 bits per heavy atom. The van der Waals surface area contributed by atoms with Crippen molar-refractivity contribution in [1.29, 1.82) is 0 Å². The zero-order chi connectivity index (χ0) is 16.3. The van der Waals surface area contributed by atoms with Gasteiger partial charge in [0.2, 0.25) is 11.8 Å². The van der Waals surface area contributed by atoms with Crippen molar-refractivity contribution in [3.05, 3.63) is 18.5 Å². The van der Waals surface area contributed by atoms with Crippen LogP contribution in [0.1, 0.15) is 12.8 Å². The fourth-order valence-electron chi connectivity index (χ4n) is 2.35. The number of rotatable bonds is 4. The highest BCUT2D eigenvalue weighted by Crippen LogP contribution is 2.29. The summed E-state index contributed by atoms with van der Waals surface area (Å²) in [5, 5.41) is 5.87. The van der Waals surface area contributed by atoms with Crippen molar-refractivity contribution in [2.45, 2.75) is 31.6 Å². The Morgan fingerprint density at radius 1 is 1.50 bits per heavy atom. The molecule has 9 heteroatoms. The Hall–Kier alpha value is -2.06. The summed E-state index contributed by atoms with van der Waals surface area (Å²) in [7, 11) is 1.52. The van der Waals surface area contributed by atoms with Gasteiger partial charge in [0.05, 0.1) is 6.54 Å². The van der Waals surface area contributed by atoms with Gasteiger partial charge in [0.25, 0.3) is 0 Å². The van der Waals surface area contributed by atoms with Crippen molar-refractivity contribution < 1.29 is 22.8 Å². The number of halogens is 3. The molecule has 2 amide bonds. The van der Waals surface area contributed by atoms with E-state index in [0.717, 1.165) is 0 Å². The van der Waals surface area contributed by atoms with Crippen LogP contribution in [0.15, 0.2) is 18.5 Å². The molecule has 1 N–H and O–H groups in total. The summed E-state index contributed by atoms with van der Waals surface area (Å²) in [5.41, 5.74) is 0. The van der Waals surface area contributed by atoms with E-state index in [1.165, 1.54) is 11.9 Å². The third-order valence-corrected chi connectivity index (χ3v) is 3.67. The second kappa shape index (κ2) is 6.37. The number of amides is 2. The van der Waals surface area contributed by atoms with Gasteiger partial charge >= 0.3 is 6.18 Å². The van der Waals surface area contributed by atoms with E-state index in [1.807, 2.05) is 5.32 Å². The summed E-state index contributed by atoms with van der Waals surface area (Å²) >= 11 is 0. The Labute approximate surface area is 125 Å². The van der Waals surface area contributed by atoms with Gasteiger partial charge in [0.1, 0.15) is 12.0 Å². The fourth-order valence-corrected chi connectivity index (χ4v) is 2.35. The maximum atomic E-state index is 12.6. The Bertz CT molecular complexity index is 530. The quantitative estimate of drug-likeness (QED) is 0.835. The number of likely N-dealkylation sites (N-methyl/N-ethyl adjacent to an activating group) is 1. The molecule has 0 bridgehead atoms. The van der Waals surface area contributed by atoms with Crippen molar-refractivity contribution in [3.8, 4) is 0 Å². The molecule has 1 fully saturated rings. The summed E-state index contributed by atoms with van der Waals surface area (Å²) in [4.78, 5) is 25.3. The zero-order valence-corrected chi connectivity index (χ0v) is 12.0. The average Bonchev–Trinajstić information content (AvgIpc) is 2.96. The smallest absolute Gasteiger partial charge is 0.344 e. The lowest BCUT2D eigenvalue weighted by atomic mass is 9.92. The van der Waals surface area contributed by atoms with Crippen LogP contribution in [0.3, 0.4) is 0 Å². The maximum Gasteiger partial charge on any atom is 0.408 e. The fraction of sp³-hybridized carbons (Fsp3) is 0.615. The highest BCUT2D eigenvalue weighted by Gasteiger charge is 2.46. The molecule has 1 aromatic rings. The standard InChI is InChI=1S/C13H17F3N4O2/c1-19(7-8-20-6-2-5-17-20)12(22)9-3-4-10(13(14,15)16)18-11(9)21/h2,5-6,9-10H,3-4,7-8H2,1H3,(H,18,21). The van der Waals surface area contributed by atoms with Gasteiger partial charge in [0.15, 0.2) is 0 Å². The molecule has 1 aliphatic heterocycles. The molecule has 122 valence electrons. The number of carbonyl (C=O) groups excluding carboxylic acids is 2. The van der Waals surface area contributed by atoms with Crippen LogP contribution in [-0.4, -0.2) is 52.3 Å². The molecular formula is C13H17F3N4O2. The van der Waals surface area contributed by atoms with E-state index in [9.17, 15) is 22.8 Å². The largest absolute Gasteiger partial charge is 0.408 e. The first-order valence-corrected chi connectivity index (χ1v) is 6.88. The van der Waals surface area contributed by atoms with Gasteiger partial charge in [-0.25, -0.2) is 0 Å². The van der Waals surface area contributed by atoms with Crippen LogP contribution in [-0.2, 0) is 16.1 Å². The molecule has 0 aromatic carbocycles. The second-order valence-electron chi connectivity index (χ2n) is 5.26. The lowest BCUT2D eigenvalue weighted by Crippen LogP contribution is -2.54. The Balaban J connectivity index is 1.88. The zero-order valence-electron chi connectivity index (χ0n) is 12.0. The summed E-state index contributed by atoms with van der Waals surface area (Å²) in [6, 6.07) is -0.119. The topological polar surface area (TPSA) is 67.2 Å². The first kappa shape index (κ1) is 16.3. The molecule has 2 unspecified atom stereocenters. The van der Waals surface area contributed by atoms with Gasteiger partial charge in [-0.1, -0.05) is 0 Å². The van der Waals surface area contributed by atoms with Crippen molar-refractivity contribution in [2.24, 2.45) is 5.92 Å². The van der Waals surface area contributed by atoms with Gasteiger partial charge in [-0.15, -0.1) is 0 Å². The number of piperidine rings is 1. The first-order chi connectivity index (χ1) is 10.3. The predicted molar refractivity (Wildman–Crippen MR) is 70.6 cm³/mol. The average molecular weight is 318 g/mol. The van der Waals surface area contributed by atoms with E-state index in [1.54, 1.807) is 23.1 Å². The van der Waals surface area contributed by atoms with Crippen molar-refractivity contribution in [3.63, 3.8) is 0 Å². The molecule has 1 saturated heterocycles. The molecule has 6 nitrogen and oxygen atoms in total. The number of nitrogens with one attached hydrogen (secondary N) is 1. The molecule has 2 heterocycles. The summed E-state index contributed by atoms with van der Waals surface area (Å²) < 4.78 is 39.3. The van der Waals surface area contributed by atoms with Crippen molar-refractivity contribution in [2.75, 3.05) is 13.6 Å². The van der Waals surface area contributed by atoms with Gasteiger partial charge in [0, 0.05) is 26.0 Å². The predicted octanol–water partition coefficient (Wildman–Crippen LogP) is 0.799. The third kappa shape index (κ3) is 3.77. The molecule has 0 spiro atoms. The van der Waals surface area contributed by atoms with E-state index in [-0.39, 0.29) is 12.8 Å². The molecule has 1 aromatic heterocycles. The maximum absolute atomic E-state index is 12.6. The van der Waals surface area contributed by atoms with Gasteiger partial charge in [-0.05, 0) is 18.9 Å². The molecule has 22 heavy (non-hydrogen) atoms. The van der Waals surface area contributed by atoms with Crippen LogP contribution in [0, 0.1) is 5.92 Å². The van der Waals surface area contributed by atoms with E-state index >= 15 is 0 Å². The van der Waals surface area contributed by atoms with Gasteiger partial charge in [-0.3, -0.25) is 14.3 Å². The van der Waals surface area contributed by atoms with Gasteiger partial charge in [-0.2, -0.15) is 18.3 Å². The van der Waals surface area contributed by atoms with Crippen LogP contribution >= 0.6 is 0 Å². The normalized spacial score (nSPS) is 22.3. The number of aromatic nitrogens is 2. The Morgan fingerprint density at radius 3 is 2.77 bits per heavy atom. The number of carbonyl (C=O) groups is 2. The lowest BCUT2D eigenvalue weighted by Gasteiger charge is -2.31. The highest BCUT2D eigenvalue weighted by molar-refractivity contribution is 6.00. The van der Waals surface area contributed by atoms with Crippen LogP contribution in [0.2, 0.25) is 0 Å². The summed E-state index contributed by atoms with van der Waals surface area (Å²) in [6.45, 7) is 0.780. The molecule has 0 radical (unpaired) electrons. The van der Waals surface area contributed by atoms with Crippen molar-refractivity contribution >= 4 is 11.8 Å². The SMILES string of the molecule is CN(CCn1cccn1)C(=O)C1CCC(C(F)(F)F)NC1=O. The van der Waals surface area contributed by atoms with Crippen molar-refractivity contribution in [1.82, 2.24) is 20.0 Å². The Kier molecular flexibility index (Phi) is 4.72. The minimum atomic E-state index is -4.48. The monoisotopic (exact) mass is 318 g/mol. The molecular weight excluding hydrogens is 301 g/mol. The third-order valence-electron chi connectivity index (χ3n) is 3.67. The van der Waals surface area contributed by atoms with Crippen LogP contribution in [0.25, 0.3) is 0 Å². The number of alkyl halides is 3. The second-order valence-corrected chi connectivity index (χ2v) is 5.26. The van der Waals surface area contributed by atoms with E-state index < -0.39 is 30.0 Å². The van der Waals surface area contributed by atoms with E-state index in [0.29, 0.717) is 13.1 Å². The van der Waals surface area contributed by atoms with Crippen LogP contribution in [0.5, 0.6) is 0 Å². The lowest BCUT2D eigenvalue weighted by molar-refractivity contribution is -0.172. The number of nitrogens with zero attached hydrogens (tertiary/aromatic N) is 3. The number of hydrogen-bond acceptors (Lipinski definition) is 3. The van der Waals surface area contributed by atoms with Gasteiger partial charge < -0.3 is 10.2 Å². The van der Waals surface area contributed by atoms with Crippen LogP contribution in [0.4, 0.5) is 13.2 Å².